The maximum absolute atomic E-state index is 13.0. The molecular weight excluding hydrogens is 395 g/mol. The number of halogens is 1. The summed E-state index contributed by atoms with van der Waals surface area (Å²) in [5, 5.41) is 5.21. The number of nitrogens with zero attached hydrogens (tertiary/aromatic N) is 1. The highest BCUT2D eigenvalue weighted by Gasteiger charge is 2.11. The molecule has 1 amide bonds. The molecule has 2 aromatic carbocycles. The van der Waals surface area contributed by atoms with Gasteiger partial charge in [-0.25, -0.2) is 14.2 Å². The van der Waals surface area contributed by atoms with Crippen molar-refractivity contribution < 1.29 is 23.5 Å². The summed E-state index contributed by atoms with van der Waals surface area (Å²) in [6, 6.07) is 12.6. The van der Waals surface area contributed by atoms with Crippen molar-refractivity contribution in [3.63, 3.8) is 0 Å². The van der Waals surface area contributed by atoms with Crippen LogP contribution in [0.15, 0.2) is 53.9 Å². The minimum absolute atomic E-state index is 0.0444. The van der Waals surface area contributed by atoms with Crippen molar-refractivity contribution in [1.29, 1.82) is 0 Å². The highest BCUT2D eigenvalue weighted by Crippen LogP contribution is 2.18. The Morgan fingerprint density at radius 2 is 1.83 bits per heavy atom. The second-order valence-electron chi connectivity index (χ2n) is 6.06. The molecule has 0 unspecified atom stereocenters. The van der Waals surface area contributed by atoms with Crippen molar-refractivity contribution in [2.75, 3.05) is 11.9 Å². The second kappa shape index (κ2) is 9.79. The Bertz CT molecular complexity index is 971. The molecular formula is C21H19FN2O4S. The lowest BCUT2D eigenvalue weighted by molar-refractivity contribution is -0.133. The van der Waals surface area contributed by atoms with Gasteiger partial charge in [0, 0.05) is 17.5 Å². The van der Waals surface area contributed by atoms with E-state index in [-0.39, 0.29) is 18.8 Å². The lowest BCUT2D eigenvalue weighted by Gasteiger charge is -2.07. The molecule has 0 aliphatic rings. The van der Waals surface area contributed by atoms with E-state index in [9.17, 15) is 14.0 Å². The number of carbonyl (C=O) groups is 2. The molecule has 29 heavy (non-hydrogen) atoms. The maximum atomic E-state index is 13.0. The van der Waals surface area contributed by atoms with E-state index in [1.54, 1.807) is 43.3 Å². The average Bonchev–Trinajstić information content (AvgIpc) is 3.12. The van der Waals surface area contributed by atoms with Crippen LogP contribution in [0.5, 0.6) is 5.75 Å². The number of hydrogen-bond donors (Lipinski definition) is 1. The van der Waals surface area contributed by atoms with Gasteiger partial charge in [-0.1, -0.05) is 12.1 Å². The summed E-state index contributed by atoms with van der Waals surface area (Å²) in [4.78, 5) is 28.0. The fraction of sp³-hybridized carbons (Fsp3) is 0.190. The molecule has 1 aromatic heterocycles. The zero-order chi connectivity index (χ0) is 20.6. The Balaban J connectivity index is 1.51. The molecule has 150 valence electrons. The zero-order valence-electron chi connectivity index (χ0n) is 15.7. The molecule has 1 N–H and O–H groups in total. The quantitative estimate of drug-likeness (QED) is 0.452. The molecule has 6 nitrogen and oxygen atoms in total. The molecule has 0 atom stereocenters. The van der Waals surface area contributed by atoms with Crippen molar-refractivity contribution in [3.05, 3.63) is 76.0 Å². The summed E-state index contributed by atoms with van der Waals surface area (Å²) in [5.41, 5.74) is 2.11. The number of ether oxygens (including phenoxy) is 2. The molecule has 0 saturated carbocycles. The maximum Gasteiger partial charge on any atom is 0.411 e. The molecule has 0 bridgehead atoms. The van der Waals surface area contributed by atoms with Gasteiger partial charge in [0.25, 0.3) is 0 Å². The molecule has 0 radical (unpaired) electrons. The van der Waals surface area contributed by atoms with Gasteiger partial charge >= 0.3 is 12.1 Å². The summed E-state index contributed by atoms with van der Waals surface area (Å²) in [7, 11) is 0. The van der Waals surface area contributed by atoms with Crippen molar-refractivity contribution in [2.24, 2.45) is 0 Å². The van der Waals surface area contributed by atoms with Gasteiger partial charge in [-0.05, 0) is 48.9 Å². The predicted octanol–water partition coefficient (Wildman–Crippen LogP) is 4.59. The Kier molecular flexibility index (Phi) is 6.91. The van der Waals surface area contributed by atoms with E-state index in [4.69, 9.17) is 9.47 Å². The lowest BCUT2D eigenvalue weighted by Crippen LogP contribution is -2.13. The largest absolute Gasteiger partial charge is 0.450 e. The van der Waals surface area contributed by atoms with Crippen molar-refractivity contribution in [1.82, 2.24) is 4.98 Å². The molecule has 0 aliphatic carbocycles. The first-order valence-corrected chi connectivity index (χ1v) is 9.82. The summed E-state index contributed by atoms with van der Waals surface area (Å²) in [6.45, 7) is 2.00. The van der Waals surface area contributed by atoms with Crippen molar-refractivity contribution in [2.45, 2.75) is 19.8 Å². The van der Waals surface area contributed by atoms with Gasteiger partial charge in [-0.15, -0.1) is 11.3 Å². The van der Waals surface area contributed by atoms with E-state index in [1.165, 1.54) is 23.5 Å². The van der Waals surface area contributed by atoms with Crippen LogP contribution in [0.4, 0.5) is 14.9 Å². The number of hydrogen-bond acceptors (Lipinski definition) is 6. The number of anilines is 1. The smallest absolute Gasteiger partial charge is 0.411 e. The first-order valence-electron chi connectivity index (χ1n) is 8.94. The number of benzene rings is 2. The van der Waals surface area contributed by atoms with E-state index in [2.05, 4.69) is 10.3 Å². The zero-order valence-corrected chi connectivity index (χ0v) is 16.5. The van der Waals surface area contributed by atoms with Crippen LogP contribution in [0.2, 0.25) is 0 Å². The Hall–Kier alpha value is -3.26. The Morgan fingerprint density at radius 1 is 1.10 bits per heavy atom. The van der Waals surface area contributed by atoms with Gasteiger partial charge in [0.15, 0.2) is 0 Å². The summed E-state index contributed by atoms with van der Waals surface area (Å²) in [5.74, 6) is -0.345. The number of carbonyl (C=O) groups excluding carboxylic acids is 2. The van der Waals surface area contributed by atoms with Gasteiger partial charge in [-0.2, -0.15) is 0 Å². The van der Waals surface area contributed by atoms with Crippen LogP contribution in [0, 0.1) is 5.82 Å². The van der Waals surface area contributed by atoms with Gasteiger partial charge in [0.1, 0.15) is 11.6 Å². The fourth-order valence-electron chi connectivity index (χ4n) is 2.49. The van der Waals surface area contributed by atoms with E-state index in [0.29, 0.717) is 23.6 Å². The number of rotatable bonds is 7. The molecule has 1 heterocycles. The standard InChI is InChI=1S/C21H19FN2O4S/c1-2-27-21(26)24-16-7-9-18(10-8-16)28-20(25)12-17-13-29-19(23-17)11-14-3-5-15(22)6-4-14/h3-10,13H,2,11-12H2,1H3,(H,24,26). The van der Waals surface area contributed by atoms with Crippen LogP contribution in [0.3, 0.4) is 0 Å². The third-order valence-electron chi connectivity index (χ3n) is 3.80. The molecule has 3 aromatic rings. The van der Waals surface area contributed by atoms with E-state index >= 15 is 0 Å². The fourth-order valence-corrected chi connectivity index (χ4v) is 3.32. The minimum Gasteiger partial charge on any atom is -0.450 e. The van der Waals surface area contributed by atoms with Gasteiger partial charge < -0.3 is 9.47 Å². The van der Waals surface area contributed by atoms with Crippen LogP contribution < -0.4 is 10.1 Å². The Morgan fingerprint density at radius 3 is 2.52 bits per heavy atom. The van der Waals surface area contributed by atoms with Gasteiger partial charge in [0.2, 0.25) is 0 Å². The monoisotopic (exact) mass is 414 g/mol. The summed E-state index contributed by atoms with van der Waals surface area (Å²) < 4.78 is 23.1. The number of amides is 1. The third kappa shape index (κ3) is 6.39. The van der Waals surface area contributed by atoms with Crippen LogP contribution in [-0.4, -0.2) is 23.7 Å². The van der Waals surface area contributed by atoms with Crippen LogP contribution >= 0.6 is 11.3 Å². The SMILES string of the molecule is CCOC(=O)Nc1ccc(OC(=O)Cc2csc(Cc3ccc(F)cc3)n2)cc1. The first-order chi connectivity index (χ1) is 14.0. The average molecular weight is 414 g/mol. The van der Waals surface area contributed by atoms with E-state index in [1.807, 2.05) is 5.38 Å². The highest BCUT2D eigenvalue weighted by molar-refractivity contribution is 7.09. The number of esters is 1. The van der Waals surface area contributed by atoms with Crippen molar-refractivity contribution >= 4 is 29.1 Å². The van der Waals surface area contributed by atoms with E-state index in [0.717, 1.165) is 10.6 Å². The first kappa shape index (κ1) is 20.5. The summed E-state index contributed by atoms with van der Waals surface area (Å²) >= 11 is 1.44. The second-order valence-corrected chi connectivity index (χ2v) is 7.00. The number of thiazole rings is 1. The molecule has 0 aliphatic heterocycles. The molecule has 0 fully saturated rings. The van der Waals surface area contributed by atoms with Crippen LogP contribution in [-0.2, 0) is 22.4 Å². The minimum atomic E-state index is -0.544. The molecule has 0 spiro atoms. The molecule has 8 heteroatoms. The normalized spacial score (nSPS) is 10.4. The van der Waals surface area contributed by atoms with Gasteiger partial charge in [0.05, 0.1) is 23.7 Å². The van der Waals surface area contributed by atoms with Gasteiger partial charge in [-0.3, -0.25) is 10.1 Å². The van der Waals surface area contributed by atoms with Crippen LogP contribution in [0.1, 0.15) is 23.2 Å². The predicted molar refractivity (Wildman–Crippen MR) is 108 cm³/mol. The molecule has 3 rings (SSSR count). The van der Waals surface area contributed by atoms with Crippen LogP contribution in [0.25, 0.3) is 0 Å². The number of nitrogens with one attached hydrogen (secondary N) is 1. The highest BCUT2D eigenvalue weighted by atomic mass is 32.1. The van der Waals surface area contributed by atoms with E-state index < -0.39 is 12.1 Å². The molecule has 0 saturated heterocycles. The third-order valence-corrected chi connectivity index (χ3v) is 4.70. The topological polar surface area (TPSA) is 77.5 Å². The van der Waals surface area contributed by atoms with Crippen molar-refractivity contribution in [3.8, 4) is 5.75 Å². The lowest BCUT2D eigenvalue weighted by atomic mass is 10.1. The Labute approximate surface area is 171 Å². The summed E-state index contributed by atoms with van der Waals surface area (Å²) in [6.07, 6.45) is 0.0784. The number of aromatic nitrogens is 1.